The van der Waals surface area contributed by atoms with Crippen LogP contribution in [-0.4, -0.2) is 51.2 Å². The molecule has 1 aromatic carbocycles. The van der Waals surface area contributed by atoms with Gasteiger partial charge in [-0.2, -0.15) is 9.40 Å². The number of hydrogen-bond acceptors (Lipinski definition) is 7. The highest BCUT2D eigenvalue weighted by atomic mass is 32.2. The number of benzene rings is 1. The average molecular weight is 487 g/mol. The van der Waals surface area contributed by atoms with Gasteiger partial charge in [-0.3, -0.25) is 14.8 Å². The lowest BCUT2D eigenvalue weighted by Crippen LogP contribution is -2.41. The second-order valence-corrected chi connectivity index (χ2v) is 10.6. The number of amides is 1. The van der Waals surface area contributed by atoms with Crippen LogP contribution >= 0.6 is 0 Å². The van der Waals surface area contributed by atoms with Crippen LogP contribution in [0, 0.1) is 0 Å². The fourth-order valence-corrected chi connectivity index (χ4v) is 5.89. The van der Waals surface area contributed by atoms with E-state index in [1.807, 2.05) is 27.0 Å². The fourth-order valence-electron chi connectivity index (χ4n) is 4.19. The Bertz CT molecular complexity index is 1230. The number of carbonyl (C=O) groups excluding carboxylic acids is 1. The molecule has 1 N–H and O–H groups in total. The summed E-state index contributed by atoms with van der Waals surface area (Å²) in [6.45, 7) is 6.29. The minimum absolute atomic E-state index is 0.0328. The Morgan fingerprint density at radius 2 is 1.85 bits per heavy atom. The standard InChI is InChI=1S/C23H30N6O4S/c1-4-29(18-8-6-5-7-9-18)34(31,32)19-12-10-17(11-13-19)21(30)24-23-26-25-22(33-23)20-14-15-28(27-20)16(2)3/h10-16,18H,4-9H2,1-3H3,(H,24,26,30). The molecule has 0 unspecified atom stereocenters. The first-order valence-corrected chi connectivity index (χ1v) is 13.1. The van der Waals surface area contributed by atoms with E-state index < -0.39 is 15.9 Å². The number of carbonyl (C=O) groups is 1. The number of aromatic nitrogens is 4. The zero-order valence-electron chi connectivity index (χ0n) is 19.6. The molecule has 1 aliphatic rings. The van der Waals surface area contributed by atoms with Gasteiger partial charge in [0, 0.05) is 30.4 Å². The summed E-state index contributed by atoms with van der Waals surface area (Å²) >= 11 is 0. The largest absolute Gasteiger partial charge is 0.401 e. The maximum atomic E-state index is 13.2. The van der Waals surface area contributed by atoms with E-state index >= 15 is 0 Å². The van der Waals surface area contributed by atoms with E-state index in [1.54, 1.807) is 15.1 Å². The molecule has 4 rings (SSSR count). The molecule has 1 amide bonds. The van der Waals surface area contributed by atoms with Gasteiger partial charge < -0.3 is 4.42 Å². The highest BCUT2D eigenvalue weighted by molar-refractivity contribution is 7.89. The highest BCUT2D eigenvalue weighted by Crippen LogP contribution is 2.28. The predicted octanol–water partition coefficient (Wildman–Crippen LogP) is 4.11. The van der Waals surface area contributed by atoms with Crippen molar-refractivity contribution in [2.45, 2.75) is 69.9 Å². The van der Waals surface area contributed by atoms with Gasteiger partial charge >= 0.3 is 6.01 Å². The van der Waals surface area contributed by atoms with Crippen molar-refractivity contribution >= 4 is 21.9 Å². The summed E-state index contributed by atoms with van der Waals surface area (Å²) in [5, 5.41) is 14.7. The van der Waals surface area contributed by atoms with Gasteiger partial charge in [0.2, 0.25) is 10.0 Å². The van der Waals surface area contributed by atoms with Crippen molar-refractivity contribution in [1.82, 2.24) is 24.3 Å². The van der Waals surface area contributed by atoms with Crippen LogP contribution in [0.25, 0.3) is 11.6 Å². The van der Waals surface area contributed by atoms with Crippen LogP contribution in [0.3, 0.4) is 0 Å². The summed E-state index contributed by atoms with van der Waals surface area (Å²) in [4.78, 5) is 12.8. The van der Waals surface area contributed by atoms with Crippen molar-refractivity contribution < 1.29 is 17.6 Å². The van der Waals surface area contributed by atoms with Crippen LogP contribution in [0.15, 0.2) is 45.8 Å². The van der Waals surface area contributed by atoms with Crippen LogP contribution in [0.5, 0.6) is 0 Å². The Morgan fingerprint density at radius 3 is 2.47 bits per heavy atom. The van der Waals surface area contributed by atoms with E-state index in [-0.39, 0.29) is 34.4 Å². The van der Waals surface area contributed by atoms with Crippen LogP contribution in [-0.2, 0) is 10.0 Å². The topological polar surface area (TPSA) is 123 Å². The molecule has 0 bridgehead atoms. The van der Waals surface area contributed by atoms with Crippen LogP contribution < -0.4 is 5.32 Å². The molecule has 0 aliphatic heterocycles. The molecular formula is C23H30N6O4S. The second kappa shape index (κ2) is 10.1. The van der Waals surface area contributed by atoms with Crippen molar-refractivity contribution in [2.24, 2.45) is 0 Å². The van der Waals surface area contributed by atoms with Crippen LogP contribution in [0.1, 0.15) is 69.3 Å². The Hall–Kier alpha value is -3.05. The van der Waals surface area contributed by atoms with E-state index in [0.29, 0.717) is 12.2 Å². The SMILES string of the molecule is CCN(C1CCCCC1)S(=O)(=O)c1ccc(C(=O)Nc2nnc(-c3ccn(C(C)C)n3)o2)cc1. The number of anilines is 1. The first kappa shape index (κ1) is 24.1. The van der Waals surface area contributed by atoms with Crippen LogP contribution in [0.4, 0.5) is 6.01 Å². The molecule has 0 radical (unpaired) electrons. The van der Waals surface area contributed by atoms with Gasteiger partial charge in [-0.15, -0.1) is 5.10 Å². The molecule has 2 aromatic heterocycles. The highest BCUT2D eigenvalue weighted by Gasteiger charge is 2.31. The zero-order chi connectivity index (χ0) is 24.3. The van der Waals surface area contributed by atoms with Crippen molar-refractivity contribution in [2.75, 3.05) is 11.9 Å². The number of sulfonamides is 1. The number of nitrogens with zero attached hydrogens (tertiary/aromatic N) is 5. The fraction of sp³-hybridized carbons (Fsp3) is 0.478. The van der Waals surface area contributed by atoms with Crippen LogP contribution in [0.2, 0.25) is 0 Å². The summed E-state index contributed by atoms with van der Waals surface area (Å²) in [7, 11) is -3.63. The molecule has 182 valence electrons. The Morgan fingerprint density at radius 1 is 1.15 bits per heavy atom. The Balaban J connectivity index is 1.44. The molecule has 1 aliphatic carbocycles. The molecule has 3 aromatic rings. The first-order valence-electron chi connectivity index (χ1n) is 11.6. The molecule has 0 spiro atoms. The van der Waals surface area contributed by atoms with Gasteiger partial charge in [-0.1, -0.05) is 31.3 Å². The third kappa shape index (κ3) is 5.05. The maximum Gasteiger partial charge on any atom is 0.322 e. The minimum Gasteiger partial charge on any atom is -0.401 e. The molecule has 0 saturated heterocycles. The molecule has 11 heteroatoms. The lowest BCUT2D eigenvalue weighted by molar-refractivity contribution is 0.102. The maximum absolute atomic E-state index is 13.2. The number of nitrogens with one attached hydrogen (secondary N) is 1. The number of hydrogen-bond donors (Lipinski definition) is 1. The minimum atomic E-state index is -3.63. The lowest BCUT2D eigenvalue weighted by atomic mass is 9.95. The summed E-state index contributed by atoms with van der Waals surface area (Å²) in [6, 6.07) is 7.81. The molecule has 0 atom stereocenters. The Labute approximate surface area is 199 Å². The van der Waals surface area contributed by atoms with E-state index in [0.717, 1.165) is 32.1 Å². The zero-order valence-corrected chi connectivity index (χ0v) is 20.5. The molecule has 2 heterocycles. The molecule has 1 saturated carbocycles. The molecule has 1 fully saturated rings. The van der Waals surface area contributed by atoms with E-state index in [4.69, 9.17) is 4.42 Å². The summed E-state index contributed by atoms with van der Waals surface area (Å²) in [6.07, 6.45) is 6.83. The van der Waals surface area contributed by atoms with Crippen molar-refractivity contribution in [3.8, 4) is 11.6 Å². The van der Waals surface area contributed by atoms with Gasteiger partial charge in [0.25, 0.3) is 11.8 Å². The number of rotatable bonds is 8. The summed E-state index contributed by atoms with van der Waals surface area (Å²) < 4.78 is 35.3. The lowest BCUT2D eigenvalue weighted by Gasteiger charge is -2.32. The monoisotopic (exact) mass is 486 g/mol. The van der Waals surface area contributed by atoms with Gasteiger partial charge in [-0.25, -0.2) is 8.42 Å². The van der Waals surface area contributed by atoms with Gasteiger partial charge in [0.15, 0.2) is 0 Å². The van der Waals surface area contributed by atoms with Gasteiger partial charge in [-0.05, 0) is 57.0 Å². The Kier molecular flexibility index (Phi) is 7.13. The van der Waals surface area contributed by atoms with Crippen molar-refractivity contribution in [3.63, 3.8) is 0 Å². The third-order valence-corrected chi connectivity index (χ3v) is 8.06. The van der Waals surface area contributed by atoms with E-state index in [9.17, 15) is 13.2 Å². The summed E-state index contributed by atoms with van der Waals surface area (Å²) in [5.41, 5.74) is 0.790. The normalized spacial score (nSPS) is 15.2. The second-order valence-electron chi connectivity index (χ2n) is 8.67. The molecule has 10 nitrogen and oxygen atoms in total. The molecular weight excluding hydrogens is 456 g/mol. The van der Waals surface area contributed by atoms with Crippen molar-refractivity contribution in [3.05, 3.63) is 42.1 Å². The van der Waals surface area contributed by atoms with Gasteiger partial charge in [0.1, 0.15) is 5.69 Å². The first-order chi connectivity index (χ1) is 16.3. The van der Waals surface area contributed by atoms with E-state index in [1.165, 1.54) is 24.3 Å². The third-order valence-electron chi connectivity index (χ3n) is 6.02. The van der Waals surface area contributed by atoms with Gasteiger partial charge in [0.05, 0.1) is 4.90 Å². The summed E-state index contributed by atoms with van der Waals surface area (Å²) in [5.74, 6) is -0.287. The smallest absolute Gasteiger partial charge is 0.322 e. The predicted molar refractivity (Wildman–Crippen MR) is 127 cm³/mol. The quantitative estimate of drug-likeness (QED) is 0.508. The van der Waals surface area contributed by atoms with Crippen molar-refractivity contribution in [1.29, 1.82) is 0 Å². The average Bonchev–Trinajstić information content (AvgIpc) is 3.50. The molecule has 34 heavy (non-hydrogen) atoms. The van der Waals surface area contributed by atoms with E-state index in [2.05, 4.69) is 20.6 Å².